The summed E-state index contributed by atoms with van der Waals surface area (Å²) in [5.41, 5.74) is 0. The third-order valence-corrected chi connectivity index (χ3v) is 4.55. The van der Waals surface area contributed by atoms with Crippen molar-refractivity contribution in [2.24, 2.45) is 0 Å². The largest absolute Gasteiger partial charge is 0.409 e. The fraction of sp³-hybridized carbons (Fsp3) is 0.900. The summed E-state index contributed by atoms with van der Waals surface area (Å²) in [7, 11) is -4.74. The number of hydrogen-bond donors (Lipinski definition) is 2. The van der Waals surface area contributed by atoms with Gasteiger partial charge in [-0.2, -0.15) is 13.2 Å². The maximum Gasteiger partial charge on any atom is 0.409 e. The van der Waals surface area contributed by atoms with Crippen molar-refractivity contribution >= 4 is 15.9 Å². The molecule has 0 radical (unpaired) electrons. The third kappa shape index (κ3) is 4.60. The highest BCUT2D eigenvalue weighted by Crippen LogP contribution is 2.33. The van der Waals surface area contributed by atoms with E-state index in [1.54, 1.807) is 11.6 Å². The number of hydrogen-bond acceptors (Lipinski definition) is 4. The van der Waals surface area contributed by atoms with Crippen LogP contribution in [0.1, 0.15) is 19.8 Å². The number of amides is 1. The van der Waals surface area contributed by atoms with Gasteiger partial charge in [0.25, 0.3) is 0 Å². The molecular weight excluding hydrogens is 301 g/mol. The Hall–Kier alpha value is -0.870. The van der Waals surface area contributed by atoms with Gasteiger partial charge in [0, 0.05) is 13.2 Å². The van der Waals surface area contributed by atoms with Gasteiger partial charge < -0.3 is 10.1 Å². The Morgan fingerprint density at radius 3 is 2.55 bits per heavy atom. The van der Waals surface area contributed by atoms with Crippen LogP contribution in [0.2, 0.25) is 0 Å². The molecule has 1 amide bonds. The average Bonchev–Trinajstić information content (AvgIpc) is 2.78. The zero-order valence-electron chi connectivity index (χ0n) is 10.9. The fourth-order valence-corrected chi connectivity index (χ4v) is 3.42. The Kier molecular flexibility index (Phi) is 5.78. The van der Waals surface area contributed by atoms with E-state index in [0.29, 0.717) is 6.42 Å². The van der Waals surface area contributed by atoms with E-state index >= 15 is 0 Å². The second kappa shape index (κ2) is 6.72. The van der Waals surface area contributed by atoms with Gasteiger partial charge in [0.05, 0.1) is 12.6 Å². The molecule has 0 aromatic rings. The number of rotatable bonds is 6. The molecule has 0 unspecified atom stereocenters. The summed E-state index contributed by atoms with van der Waals surface area (Å²) in [6, 6.07) is 0. The summed E-state index contributed by atoms with van der Waals surface area (Å²) >= 11 is 0. The molecular formula is C10H17F3N2O4S. The lowest BCUT2D eigenvalue weighted by atomic mass is 10.2. The number of carbonyl (C=O) groups is 1. The molecule has 1 rings (SSSR count). The van der Waals surface area contributed by atoms with E-state index in [2.05, 4.69) is 5.32 Å². The Balaban J connectivity index is 2.80. The maximum atomic E-state index is 12.9. The van der Waals surface area contributed by atoms with Gasteiger partial charge in [0.1, 0.15) is 0 Å². The Bertz CT molecular complexity index is 432. The second-order valence-electron chi connectivity index (χ2n) is 4.33. The highest BCUT2D eigenvalue weighted by atomic mass is 32.2. The first-order valence-electron chi connectivity index (χ1n) is 6.12. The normalized spacial score (nSPS) is 21.7. The van der Waals surface area contributed by atoms with E-state index in [1.807, 2.05) is 0 Å². The molecule has 2 atom stereocenters. The highest BCUT2D eigenvalue weighted by molar-refractivity contribution is 7.90. The lowest BCUT2D eigenvalue weighted by Crippen LogP contribution is -2.52. The van der Waals surface area contributed by atoms with Crippen LogP contribution in [0.15, 0.2) is 0 Å². The van der Waals surface area contributed by atoms with Crippen LogP contribution in [0, 0.1) is 0 Å². The van der Waals surface area contributed by atoms with E-state index in [0.717, 1.165) is 0 Å². The SMILES string of the molecule is CCNC(=O)CNS(=O)(=O)[C@H]([C@H]1CCCO1)C(F)(F)F. The molecule has 0 bridgehead atoms. The summed E-state index contributed by atoms with van der Waals surface area (Å²) in [5, 5.41) is -0.373. The molecule has 6 nitrogen and oxygen atoms in total. The standard InChI is InChI=1S/C10H17F3N2O4S/c1-2-14-8(16)6-15-20(17,18)9(10(11,12)13)7-4-3-5-19-7/h7,9,15H,2-6H2,1H3,(H,14,16)/t7-,9-/m1/s1. The summed E-state index contributed by atoms with van der Waals surface area (Å²) < 4.78 is 68.9. The molecule has 1 heterocycles. The smallest absolute Gasteiger partial charge is 0.376 e. The van der Waals surface area contributed by atoms with Crippen LogP contribution in [-0.4, -0.2) is 51.6 Å². The van der Waals surface area contributed by atoms with Gasteiger partial charge in [-0.25, -0.2) is 13.1 Å². The first-order chi connectivity index (χ1) is 9.18. The van der Waals surface area contributed by atoms with Crippen molar-refractivity contribution in [2.75, 3.05) is 19.7 Å². The van der Waals surface area contributed by atoms with Crippen LogP contribution < -0.4 is 10.0 Å². The van der Waals surface area contributed by atoms with Crippen molar-refractivity contribution in [3.63, 3.8) is 0 Å². The molecule has 118 valence electrons. The summed E-state index contributed by atoms with van der Waals surface area (Å²) in [6.07, 6.45) is -5.99. The zero-order valence-corrected chi connectivity index (χ0v) is 11.7. The molecule has 1 aliphatic rings. The fourth-order valence-electron chi connectivity index (χ4n) is 1.94. The lowest BCUT2D eigenvalue weighted by Gasteiger charge is -2.25. The number of halogens is 3. The number of nitrogens with one attached hydrogen (secondary N) is 2. The van der Waals surface area contributed by atoms with Gasteiger partial charge in [-0.15, -0.1) is 0 Å². The van der Waals surface area contributed by atoms with Crippen molar-refractivity contribution in [1.29, 1.82) is 0 Å². The minimum absolute atomic E-state index is 0.0201. The van der Waals surface area contributed by atoms with Gasteiger partial charge >= 0.3 is 6.18 Å². The van der Waals surface area contributed by atoms with Crippen LogP contribution >= 0.6 is 0 Å². The van der Waals surface area contributed by atoms with Crippen LogP contribution in [0.25, 0.3) is 0 Å². The minimum atomic E-state index is -4.96. The molecule has 1 aliphatic heterocycles. The van der Waals surface area contributed by atoms with Crippen molar-refractivity contribution < 1.29 is 31.1 Å². The van der Waals surface area contributed by atoms with E-state index in [4.69, 9.17) is 4.74 Å². The predicted octanol–water partition coefficient (Wildman–Crippen LogP) is 0.152. The van der Waals surface area contributed by atoms with Gasteiger partial charge in [-0.1, -0.05) is 0 Å². The van der Waals surface area contributed by atoms with E-state index in [9.17, 15) is 26.4 Å². The quantitative estimate of drug-likeness (QED) is 0.730. The number of alkyl halides is 3. The summed E-state index contributed by atoms with van der Waals surface area (Å²) in [4.78, 5) is 11.1. The molecule has 1 saturated heterocycles. The topological polar surface area (TPSA) is 84.5 Å². The molecule has 0 aliphatic carbocycles. The Labute approximate surface area is 115 Å². The van der Waals surface area contributed by atoms with Crippen molar-refractivity contribution in [1.82, 2.24) is 10.0 Å². The third-order valence-electron chi connectivity index (χ3n) is 2.77. The molecule has 0 aromatic heterocycles. The zero-order chi connectivity index (χ0) is 15.4. The summed E-state index contributed by atoms with van der Waals surface area (Å²) in [6.45, 7) is 1.24. The first-order valence-corrected chi connectivity index (χ1v) is 7.66. The lowest BCUT2D eigenvalue weighted by molar-refractivity contribution is -0.150. The van der Waals surface area contributed by atoms with E-state index in [-0.39, 0.29) is 19.6 Å². The molecule has 10 heteroatoms. The number of likely N-dealkylation sites (N-methyl/N-ethyl adjacent to an activating group) is 1. The summed E-state index contributed by atoms with van der Waals surface area (Å²) in [5.74, 6) is -0.690. The van der Waals surface area contributed by atoms with Gasteiger partial charge in [-0.05, 0) is 19.8 Å². The van der Waals surface area contributed by atoms with Crippen molar-refractivity contribution in [3.05, 3.63) is 0 Å². The van der Waals surface area contributed by atoms with Crippen LogP contribution in [0.5, 0.6) is 0 Å². The van der Waals surface area contributed by atoms with Crippen LogP contribution in [0.3, 0.4) is 0 Å². The first kappa shape index (κ1) is 17.2. The molecule has 2 N–H and O–H groups in total. The average molecular weight is 318 g/mol. The van der Waals surface area contributed by atoms with Crippen LogP contribution in [0.4, 0.5) is 13.2 Å². The maximum absolute atomic E-state index is 12.9. The van der Waals surface area contributed by atoms with Gasteiger partial charge in [-0.3, -0.25) is 4.79 Å². The van der Waals surface area contributed by atoms with E-state index < -0.39 is 40.0 Å². The Morgan fingerprint density at radius 1 is 1.45 bits per heavy atom. The predicted molar refractivity (Wildman–Crippen MR) is 64.4 cm³/mol. The van der Waals surface area contributed by atoms with Gasteiger partial charge in [0.2, 0.25) is 15.9 Å². The number of ether oxygens (including phenoxy) is 1. The number of carbonyl (C=O) groups excluding carboxylic acids is 1. The number of sulfonamides is 1. The molecule has 0 spiro atoms. The molecule has 0 saturated carbocycles. The van der Waals surface area contributed by atoms with Crippen molar-refractivity contribution in [3.8, 4) is 0 Å². The van der Waals surface area contributed by atoms with Crippen molar-refractivity contribution in [2.45, 2.75) is 37.3 Å². The molecule has 1 fully saturated rings. The van der Waals surface area contributed by atoms with Gasteiger partial charge in [0.15, 0.2) is 5.25 Å². The van der Waals surface area contributed by atoms with E-state index in [1.165, 1.54) is 0 Å². The highest BCUT2D eigenvalue weighted by Gasteiger charge is 2.54. The minimum Gasteiger partial charge on any atom is -0.376 e. The Morgan fingerprint density at radius 2 is 2.10 bits per heavy atom. The van der Waals surface area contributed by atoms with Crippen LogP contribution in [-0.2, 0) is 19.6 Å². The molecule has 20 heavy (non-hydrogen) atoms. The second-order valence-corrected chi connectivity index (χ2v) is 6.22. The monoisotopic (exact) mass is 318 g/mol. The molecule has 0 aromatic carbocycles.